The Bertz CT molecular complexity index is 890. The predicted octanol–water partition coefficient (Wildman–Crippen LogP) is 6.56. The maximum atomic E-state index is 6.02. The molecule has 0 aromatic heterocycles. The second-order valence-corrected chi connectivity index (χ2v) is 6.85. The zero-order valence-electron chi connectivity index (χ0n) is 17.7. The van der Waals surface area contributed by atoms with Crippen LogP contribution in [0, 0.1) is 0 Å². The highest BCUT2D eigenvalue weighted by atomic mass is 16.5. The van der Waals surface area contributed by atoms with Gasteiger partial charge in [-0.05, 0) is 18.2 Å². The van der Waals surface area contributed by atoms with Crippen molar-refractivity contribution >= 4 is 0 Å². The van der Waals surface area contributed by atoms with Crippen LogP contribution in [0.1, 0.15) is 22.6 Å². The summed E-state index contributed by atoms with van der Waals surface area (Å²) >= 11 is 0. The van der Waals surface area contributed by atoms with Crippen LogP contribution in [0.2, 0.25) is 0 Å². The normalized spacial score (nSPS) is 10.4. The van der Waals surface area contributed by atoms with Gasteiger partial charge in [0.15, 0.2) is 0 Å². The minimum Gasteiger partial charge on any atom is -0.489 e. The summed E-state index contributed by atoms with van der Waals surface area (Å²) in [6.07, 6.45) is 5.23. The smallest absolute Gasteiger partial charge is 0.123 e. The van der Waals surface area contributed by atoms with E-state index in [1.807, 2.05) is 54.6 Å². The highest BCUT2D eigenvalue weighted by Gasteiger charge is 2.26. The second-order valence-electron chi connectivity index (χ2n) is 6.85. The van der Waals surface area contributed by atoms with Gasteiger partial charge in [-0.25, -0.2) is 0 Å². The fraction of sp³-hybridized carbons (Fsp3) is 0.143. The average molecular weight is 413 g/mol. The third-order valence-electron chi connectivity index (χ3n) is 4.76. The van der Waals surface area contributed by atoms with Crippen molar-refractivity contribution in [1.82, 2.24) is 0 Å². The molecule has 0 amide bonds. The fourth-order valence-electron chi connectivity index (χ4n) is 3.50. The second kappa shape index (κ2) is 11.5. The van der Waals surface area contributed by atoms with Gasteiger partial charge >= 0.3 is 0 Å². The van der Waals surface area contributed by atoms with Gasteiger partial charge in [-0.3, -0.25) is 0 Å². The molecular formula is C28H28O3. The van der Waals surface area contributed by atoms with Crippen LogP contribution in [-0.2, 0) is 0 Å². The average Bonchev–Trinajstić information content (AvgIpc) is 2.82. The van der Waals surface area contributed by atoms with Crippen LogP contribution in [0.4, 0.5) is 0 Å². The van der Waals surface area contributed by atoms with Crippen molar-refractivity contribution < 1.29 is 14.2 Å². The van der Waals surface area contributed by atoms with E-state index in [-0.39, 0.29) is 5.92 Å². The van der Waals surface area contributed by atoms with Gasteiger partial charge in [-0.2, -0.15) is 0 Å². The first-order valence-electron chi connectivity index (χ1n) is 10.3. The van der Waals surface area contributed by atoms with Crippen LogP contribution in [-0.4, -0.2) is 19.8 Å². The van der Waals surface area contributed by atoms with Gasteiger partial charge in [0.2, 0.25) is 0 Å². The third-order valence-corrected chi connectivity index (χ3v) is 4.76. The highest BCUT2D eigenvalue weighted by Crippen LogP contribution is 2.44. The molecule has 31 heavy (non-hydrogen) atoms. The molecule has 0 unspecified atom stereocenters. The lowest BCUT2D eigenvalue weighted by Gasteiger charge is -2.25. The maximum absolute atomic E-state index is 6.02. The molecule has 3 heteroatoms. The van der Waals surface area contributed by atoms with Gasteiger partial charge < -0.3 is 14.2 Å². The van der Waals surface area contributed by atoms with E-state index in [1.54, 1.807) is 18.2 Å². The van der Waals surface area contributed by atoms with E-state index < -0.39 is 0 Å². The molecule has 3 rings (SSSR count). The number of rotatable bonds is 12. The summed E-state index contributed by atoms with van der Waals surface area (Å²) in [5, 5.41) is 0. The van der Waals surface area contributed by atoms with E-state index in [9.17, 15) is 0 Å². The lowest BCUT2D eigenvalue weighted by Crippen LogP contribution is -2.11. The molecule has 3 aromatic carbocycles. The van der Waals surface area contributed by atoms with E-state index in [0.29, 0.717) is 19.8 Å². The van der Waals surface area contributed by atoms with Gasteiger partial charge in [0, 0.05) is 22.6 Å². The Morgan fingerprint density at radius 1 is 0.516 bits per heavy atom. The first-order chi connectivity index (χ1) is 15.3. The molecule has 0 aliphatic carbocycles. The molecule has 158 valence electrons. The van der Waals surface area contributed by atoms with Crippen molar-refractivity contribution in [2.45, 2.75) is 5.92 Å². The molecule has 3 aromatic rings. The van der Waals surface area contributed by atoms with Crippen LogP contribution in [0.25, 0.3) is 0 Å². The van der Waals surface area contributed by atoms with Crippen LogP contribution < -0.4 is 14.2 Å². The van der Waals surface area contributed by atoms with E-state index in [2.05, 4.69) is 37.9 Å². The number of hydrogen-bond acceptors (Lipinski definition) is 3. The number of benzene rings is 3. The molecule has 0 fully saturated rings. The standard InChI is InChI=1S/C28H28O3/c1-4-19-29-25-16-10-7-13-22(25)28(23-14-8-11-17-26(23)30-20-5-2)24-15-9-12-18-27(24)31-21-6-3/h4-18,28H,1-3,19-21H2. The minimum atomic E-state index is -0.164. The molecule has 0 aliphatic rings. The van der Waals surface area contributed by atoms with Crippen molar-refractivity contribution in [3.8, 4) is 17.2 Å². The number of ether oxygens (including phenoxy) is 3. The van der Waals surface area contributed by atoms with E-state index >= 15 is 0 Å². The Hall–Kier alpha value is -3.72. The Morgan fingerprint density at radius 3 is 1.10 bits per heavy atom. The molecule has 3 nitrogen and oxygen atoms in total. The Kier molecular flexibility index (Phi) is 8.13. The summed E-state index contributed by atoms with van der Waals surface area (Å²) in [6, 6.07) is 24.1. The summed E-state index contributed by atoms with van der Waals surface area (Å²) in [4.78, 5) is 0. The van der Waals surface area contributed by atoms with E-state index in [0.717, 1.165) is 33.9 Å². The zero-order valence-corrected chi connectivity index (χ0v) is 17.7. The van der Waals surface area contributed by atoms with Crippen molar-refractivity contribution in [3.63, 3.8) is 0 Å². The highest BCUT2D eigenvalue weighted by molar-refractivity contribution is 5.56. The fourth-order valence-corrected chi connectivity index (χ4v) is 3.50. The van der Waals surface area contributed by atoms with Crippen molar-refractivity contribution in [2.75, 3.05) is 19.8 Å². The van der Waals surface area contributed by atoms with Gasteiger partial charge in [-0.1, -0.05) is 92.6 Å². The molecule has 0 heterocycles. The SMILES string of the molecule is C=CCOc1ccccc1C(c1ccccc1OCC=C)c1ccccc1OCC=C. The molecule has 0 saturated carbocycles. The molecule has 0 N–H and O–H groups in total. The number of hydrogen-bond donors (Lipinski definition) is 0. The molecule has 0 radical (unpaired) electrons. The summed E-state index contributed by atoms with van der Waals surface area (Å²) < 4.78 is 18.1. The summed E-state index contributed by atoms with van der Waals surface area (Å²) in [7, 11) is 0. The summed E-state index contributed by atoms with van der Waals surface area (Å²) in [6.45, 7) is 12.6. The van der Waals surface area contributed by atoms with Crippen LogP contribution in [0.3, 0.4) is 0 Å². The minimum absolute atomic E-state index is 0.164. The van der Waals surface area contributed by atoms with Crippen molar-refractivity contribution in [1.29, 1.82) is 0 Å². The van der Waals surface area contributed by atoms with Gasteiger partial charge in [-0.15, -0.1) is 0 Å². The molecule has 0 spiro atoms. The van der Waals surface area contributed by atoms with Crippen LogP contribution in [0.5, 0.6) is 17.2 Å². The Balaban J connectivity index is 2.22. The lowest BCUT2D eigenvalue weighted by molar-refractivity contribution is 0.348. The van der Waals surface area contributed by atoms with Crippen LogP contribution in [0.15, 0.2) is 111 Å². The summed E-state index contributed by atoms with van der Waals surface area (Å²) in [5.74, 6) is 2.22. The molecule has 0 aliphatic heterocycles. The maximum Gasteiger partial charge on any atom is 0.123 e. The summed E-state index contributed by atoms with van der Waals surface area (Å²) in [5.41, 5.74) is 3.07. The first kappa shape index (κ1) is 22.0. The van der Waals surface area contributed by atoms with Crippen LogP contribution >= 0.6 is 0 Å². The predicted molar refractivity (Wildman–Crippen MR) is 127 cm³/mol. The van der Waals surface area contributed by atoms with E-state index in [1.165, 1.54) is 0 Å². The lowest BCUT2D eigenvalue weighted by atomic mass is 9.83. The monoisotopic (exact) mass is 412 g/mol. The molecule has 0 saturated heterocycles. The molecule has 0 bridgehead atoms. The Labute approximate surface area is 184 Å². The third kappa shape index (κ3) is 5.46. The molecular weight excluding hydrogens is 384 g/mol. The topological polar surface area (TPSA) is 27.7 Å². The largest absolute Gasteiger partial charge is 0.489 e. The van der Waals surface area contributed by atoms with Gasteiger partial charge in [0.05, 0.1) is 0 Å². The van der Waals surface area contributed by atoms with Crippen molar-refractivity contribution in [3.05, 3.63) is 127 Å². The zero-order chi connectivity index (χ0) is 21.9. The Morgan fingerprint density at radius 2 is 0.806 bits per heavy atom. The van der Waals surface area contributed by atoms with Crippen molar-refractivity contribution in [2.24, 2.45) is 0 Å². The van der Waals surface area contributed by atoms with E-state index in [4.69, 9.17) is 14.2 Å². The molecule has 0 atom stereocenters. The quantitative estimate of drug-likeness (QED) is 0.249. The first-order valence-corrected chi connectivity index (χ1v) is 10.3. The number of para-hydroxylation sites is 3. The van der Waals surface area contributed by atoms with Gasteiger partial charge in [0.1, 0.15) is 37.1 Å². The van der Waals surface area contributed by atoms with Gasteiger partial charge in [0.25, 0.3) is 0 Å².